The van der Waals surface area contributed by atoms with Gasteiger partial charge in [0.25, 0.3) is 0 Å². The standard InChI is InChI=1S/C20H18ClF6N5O2/c1-34-8-10(33)7-14-15-11(12-6-9(21)2-3-13(12)28-15)4-5-32(14)18-30-16(19(22,23)24)29-17(31-18)20(25,26)27/h2-3,6,10,14,28,33H,4-5,7-8H2,1H3/t10-,14-/m0/s1. The minimum Gasteiger partial charge on any atom is -0.391 e. The van der Waals surface area contributed by atoms with Gasteiger partial charge in [-0.15, -0.1) is 0 Å². The minimum atomic E-state index is -5.22. The Hall–Kier alpha value is -2.64. The molecule has 0 saturated carbocycles. The largest absolute Gasteiger partial charge is 0.451 e. The summed E-state index contributed by atoms with van der Waals surface area (Å²) in [4.78, 5) is 13.6. The van der Waals surface area contributed by atoms with Gasteiger partial charge < -0.3 is 19.7 Å². The lowest BCUT2D eigenvalue weighted by atomic mass is 9.94. The fourth-order valence-corrected chi connectivity index (χ4v) is 4.26. The van der Waals surface area contributed by atoms with Crippen molar-refractivity contribution in [3.63, 3.8) is 0 Å². The molecule has 0 bridgehead atoms. The van der Waals surface area contributed by atoms with Crippen LogP contribution in [0.2, 0.25) is 5.02 Å². The van der Waals surface area contributed by atoms with E-state index in [1.54, 1.807) is 18.2 Å². The van der Waals surface area contributed by atoms with Gasteiger partial charge in [-0.25, -0.2) is 4.98 Å². The number of nitrogens with zero attached hydrogens (tertiary/aromatic N) is 4. The average molecular weight is 510 g/mol. The van der Waals surface area contributed by atoms with Gasteiger partial charge in [0.15, 0.2) is 0 Å². The van der Waals surface area contributed by atoms with Gasteiger partial charge in [-0.05, 0) is 30.2 Å². The molecule has 1 aromatic carbocycles. The summed E-state index contributed by atoms with van der Waals surface area (Å²) in [5, 5.41) is 11.6. The van der Waals surface area contributed by atoms with E-state index < -0.39 is 42.1 Å². The van der Waals surface area contributed by atoms with Crippen molar-refractivity contribution < 1.29 is 36.2 Å². The lowest BCUT2D eigenvalue weighted by Gasteiger charge is -2.37. The maximum Gasteiger partial charge on any atom is 0.451 e. The molecule has 0 spiro atoms. The minimum absolute atomic E-state index is 0.00452. The van der Waals surface area contributed by atoms with Gasteiger partial charge in [0.05, 0.1) is 18.8 Å². The number of alkyl halides is 6. The van der Waals surface area contributed by atoms with Crippen LogP contribution in [-0.4, -0.2) is 51.4 Å². The molecule has 0 unspecified atom stereocenters. The number of hydrogen-bond donors (Lipinski definition) is 2. The topological polar surface area (TPSA) is 87.2 Å². The van der Waals surface area contributed by atoms with E-state index in [9.17, 15) is 31.4 Å². The van der Waals surface area contributed by atoms with Gasteiger partial charge in [0.1, 0.15) is 0 Å². The number of rotatable bonds is 5. The van der Waals surface area contributed by atoms with E-state index in [2.05, 4.69) is 19.9 Å². The van der Waals surface area contributed by atoms with Gasteiger partial charge in [-0.1, -0.05) is 11.6 Å². The number of fused-ring (bicyclic) bond motifs is 3. The molecule has 0 radical (unpaired) electrons. The number of benzene rings is 1. The summed E-state index contributed by atoms with van der Waals surface area (Å²) in [6.45, 7) is -0.0972. The molecule has 1 aliphatic heterocycles. The quantitative estimate of drug-likeness (QED) is 0.491. The van der Waals surface area contributed by atoms with E-state index in [1.807, 2.05) is 0 Å². The monoisotopic (exact) mass is 509 g/mol. The van der Waals surface area contributed by atoms with Gasteiger partial charge in [-0.2, -0.15) is 36.3 Å². The van der Waals surface area contributed by atoms with Crippen LogP contribution < -0.4 is 4.90 Å². The molecule has 0 saturated heterocycles. The van der Waals surface area contributed by atoms with Crippen molar-refractivity contribution in [3.8, 4) is 0 Å². The maximum atomic E-state index is 13.3. The van der Waals surface area contributed by atoms with E-state index in [0.29, 0.717) is 16.2 Å². The molecule has 3 aromatic rings. The highest BCUT2D eigenvalue weighted by atomic mass is 35.5. The van der Waals surface area contributed by atoms with E-state index in [4.69, 9.17) is 16.3 Å². The average Bonchev–Trinajstić information content (AvgIpc) is 3.11. The lowest BCUT2D eigenvalue weighted by Crippen LogP contribution is -2.40. The third-order valence-corrected chi connectivity index (χ3v) is 5.69. The Morgan fingerprint density at radius 2 is 1.79 bits per heavy atom. The third-order valence-electron chi connectivity index (χ3n) is 5.46. The Labute approximate surface area is 193 Å². The fraction of sp³-hybridized carbons (Fsp3) is 0.450. The smallest absolute Gasteiger partial charge is 0.391 e. The van der Waals surface area contributed by atoms with E-state index in [-0.39, 0.29) is 26.0 Å². The Morgan fingerprint density at radius 1 is 1.15 bits per heavy atom. The second-order valence-electron chi connectivity index (χ2n) is 7.79. The zero-order chi connectivity index (χ0) is 24.8. The van der Waals surface area contributed by atoms with Crippen LogP contribution in [0.1, 0.15) is 35.4 Å². The van der Waals surface area contributed by atoms with Crippen molar-refractivity contribution in [1.29, 1.82) is 0 Å². The first kappa shape index (κ1) is 24.5. The number of halogens is 7. The number of nitrogens with one attached hydrogen (secondary N) is 1. The number of aromatic amines is 1. The van der Waals surface area contributed by atoms with E-state index in [0.717, 1.165) is 10.9 Å². The fourth-order valence-electron chi connectivity index (χ4n) is 4.09. The number of hydrogen-bond acceptors (Lipinski definition) is 6. The summed E-state index contributed by atoms with van der Waals surface area (Å²) in [6.07, 6.45) is -11.3. The molecule has 1 aliphatic rings. The molecule has 0 amide bonds. The number of methoxy groups -OCH3 is 1. The molecule has 3 heterocycles. The Bertz CT molecular complexity index is 1170. The Kier molecular flexibility index (Phi) is 6.38. The predicted octanol–water partition coefficient (Wildman–Crippen LogP) is 4.55. The Balaban J connectivity index is 1.86. The summed E-state index contributed by atoms with van der Waals surface area (Å²) in [7, 11) is 1.36. The molecule has 2 aromatic heterocycles. The summed E-state index contributed by atoms with van der Waals surface area (Å²) < 4.78 is 84.8. The number of aromatic nitrogens is 4. The van der Waals surface area contributed by atoms with Crippen LogP contribution in [-0.2, 0) is 23.5 Å². The first-order chi connectivity index (χ1) is 15.9. The number of ether oxygens (including phenoxy) is 1. The lowest BCUT2D eigenvalue weighted by molar-refractivity contribution is -0.155. The van der Waals surface area contributed by atoms with Crippen molar-refractivity contribution in [2.24, 2.45) is 0 Å². The van der Waals surface area contributed by atoms with E-state index >= 15 is 0 Å². The zero-order valence-electron chi connectivity index (χ0n) is 17.5. The van der Waals surface area contributed by atoms with Crippen molar-refractivity contribution >= 4 is 28.5 Å². The van der Waals surface area contributed by atoms with E-state index in [1.165, 1.54) is 12.0 Å². The maximum absolute atomic E-state index is 13.3. The van der Waals surface area contributed by atoms with Crippen LogP contribution >= 0.6 is 11.6 Å². The van der Waals surface area contributed by atoms with Crippen molar-refractivity contribution in [1.82, 2.24) is 19.9 Å². The van der Waals surface area contributed by atoms with Gasteiger partial charge in [0.2, 0.25) is 17.6 Å². The molecular weight excluding hydrogens is 492 g/mol. The zero-order valence-corrected chi connectivity index (χ0v) is 18.3. The van der Waals surface area contributed by atoms with Crippen molar-refractivity contribution in [3.05, 3.63) is 46.1 Å². The number of aliphatic hydroxyl groups is 1. The summed E-state index contributed by atoms with van der Waals surface area (Å²) in [5.41, 5.74) is 2.00. The molecule has 7 nitrogen and oxygen atoms in total. The second kappa shape index (κ2) is 8.86. The highest BCUT2D eigenvalue weighted by Crippen LogP contribution is 2.40. The summed E-state index contributed by atoms with van der Waals surface area (Å²) in [5.74, 6) is -4.68. The van der Waals surface area contributed by atoms with Crippen molar-refractivity contribution in [2.75, 3.05) is 25.2 Å². The molecular formula is C20H18ClF6N5O2. The highest BCUT2D eigenvalue weighted by molar-refractivity contribution is 6.31. The molecule has 4 rings (SSSR count). The summed E-state index contributed by atoms with van der Waals surface area (Å²) in [6, 6.07) is 4.21. The molecule has 14 heteroatoms. The van der Waals surface area contributed by atoms with Crippen LogP contribution in [0, 0.1) is 0 Å². The van der Waals surface area contributed by atoms with Crippen LogP contribution in [0.3, 0.4) is 0 Å². The SMILES string of the molecule is COC[C@@H](O)C[C@H]1c2[nH]c3ccc(Cl)cc3c2CCN1c1nc(C(F)(F)F)nc(C(F)(F)F)n1. The third kappa shape index (κ3) is 4.77. The number of H-pyrrole nitrogens is 1. The van der Waals surface area contributed by atoms with Crippen LogP contribution in [0.4, 0.5) is 32.3 Å². The molecule has 184 valence electrons. The number of anilines is 1. The van der Waals surface area contributed by atoms with Crippen LogP contribution in [0.5, 0.6) is 0 Å². The van der Waals surface area contributed by atoms with Gasteiger partial charge >= 0.3 is 12.4 Å². The van der Waals surface area contributed by atoms with Crippen LogP contribution in [0.15, 0.2) is 18.2 Å². The first-order valence-corrected chi connectivity index (χ1v) is 10.4. The van der Waals surface area contributed by atoms with Crippen molar-refractivity contribution in [2.45, 2.75) is 37.3 Å². The molecule has 0 fully saturated rings. The number of aliphatic hydroxyl groups excluding tert-OH is 1. The van der Waals surface area contributed by atoms with Gasteiger partial charge in [-0.3, -0.25) is 0 Å². The molecule has 0 aliphatic carbocycles. The normalized spacial score (nSPS) is 17.8. The molecule has 2 atom stereocenters. The highest BCUT2D eigenvalue weighted by Gasteiger charge is 2.43. The Morgan fingerprint density at radius 3 is 2.38 bits per heavy atom. The first-order valence-electron chi connectivity index (χ1n) is 10.0. The summed E-state index contributed by atoms with van der Waals surface area (Å²) >= 11 is 6.10. The van der Waals surface area contributed by atoms with Gasteiger partial charge in [0, 0.05) is 41.7 Å². The predicted molar refractivity (Wildman–Crippen MR) is 109 cm³/mol. The molecule has 2 N–H and O–H groups in total. The molecule has 34 heavy (non-hydrogen) atoms. The van der Waals surface area contributed by atoms with Crippen LogP contribution in [0.25, 0.3) is 10.9 Å². The second-order valence-corrected chi connectivity index (χ2v) is 8.23.